The van der Waals surface area contributed by atoms with Gasteiger partial charge in [0.15, 0.2) is 0 Å². The number of nitrogens with zero attached hydrogens (tertiary/aromatic N) is 1. The molecule has 3 aromatic rings. The highest BCUT2D eigenvalue weighted by Gasteiger charge is 2.08. The molecule has 1 N–H and O–H groups in total. The third kappa shape index (κ3) is 5.48. The molecule has 0 atom stereocenters. The fraction of sp³-hybridized carbons (Fsp3) is 0.130. The van der Waals surface area contributed by atoms with Gasteiger partial charge in [-0.25, -0.2) is 14.2 Å². The van der Waals surface area contributed by atoms with Crippen molar-refractivity contribution >= 4 is 12.1 Å². The number of carbonyl (C=O) groups excluding carboxylic acids is 1. The first kappa shape index (κ1) is 20.2. The molecule has 3 aromatic carbocycles. The summed E-state index contributed by atoms with van der Waals surface area (Å²) in [5, 5.41) is 3.94. The van der Waals surface area contributed by atoms with Crippen molar-refractivity contribution in [3.8, 4) is 5.75 Å². The van der Waals surface area contributed by atoms with Crippen molar-refractivity contribution in [2.75, 3.05) is 0 Å². The number of rotatable bonds is 6. The van der Waals surface area contributed by atoms with Crippen LogP contribution in [0.2, 0.25) is 0 Å². The molecule has 0 aliphatic heterocycles. The van der Waals surface area contributed by atoms with E-state index in [-0.39, 0.29) is 11.4 Å². The summed E-state index contributed by atoms with van der Waals surface area (Å²) in [6.07, 6.45) is 1.51. The molecular formula is C23H20F2N2O2. The maximum absolute atomic E-state index is 13.2. The molecule has 0 heterocycles. The second kappa shape index (κ2) is 9.10. The van der Waals surface area contributed by atoms with Crippen LogP contribution in [-0.2, 0) is 6.61 Å². The number of hydrogen-bond acceptors (Lipinski definition) is 3. The van der Waals surface area contributed by atoms with E-state index in [1.165, 1.54) is 36.5 Å². The second-order valence-corrected chi connectivity index (χ2v) is 6.61. The lowest BCUT2D eigenvalue weighted by atomic mass is 10.1. The number of aryl methyl sites for hydroxylation is 2. The summed E-state index contributed by atoms with van der Waals surface area (Å²) in [4.78, 5) is 12.0. The summed E-state index contributed by atoms with van der Waals surface area (Å²) in [6, 6.07) is 15.3. The first-order valence-corrected chi connectivity index (χ1v) is 9.00. The largest absolute Gasteiger partial charge is 0.488 e. The molecule has 3 rings (SSSR count). The van der Waals surface area contributed by atoms with E-state index in [9.17, 15) is 13.6 Å². The highest BCUT2D eigenvalue weighted by molar-refractivity contribution is 5.94. The molecule has 0 fully saturated rings. The van der Waals surface area contributed by atoms with Crippen LogP contribution in [0.5, 0.6) is 5.75 Å². The molecule has 6 heteroatoms. The highest BCUT2D eigenvalue weighted by atomic mass is 19.1. The minimum absolute atomic E-state index is 0.194. The SMILES string of the molecule is Cc1cc(/C=N\NC(=O)c2cccc(F)c2)cc(C)c1OCc1ccc(F)cc1. The number of halogens is 2. The van der Waals surface area contributed by atoms with Crippen LogP contribution in [0.15, 0.2) is 65.8 Å². The molecule has 0 spiro atoms. The van der Waals surface area contributed by atoms with E-state index in [1.54, 1.807) is 12.1 Å². The zero-order chi connectivity index (χ0) is 20.8. The first-order chi connectivity index (χ1) is 13.9. The predicted molar refractivity (Wildman–Crippen MR) is 108 cm³/mol. The van der Waals surface area contributed by atoms with Gasteiger partial charge in [-0.3, -0.25) is 4.79 Å². The number of nitrogens with one attached hydrogen (secondary N) is 1. The molecule has 1 amide bonds. The van der Waals surface area contributed by atoms with Crippen molar-refractivity contribution < 1.29 is 18.3 Å². The van der Waals surface area contributed by atoms with Gasteiger partial charge < -0.3 is 4.74 Å². The Kier molecular flexibility index (Phi) is 6.34. The number of hydrazone groups is 1. The van der Waals surface area contributed by atoms with Gasteiger partial charge in [0.1, 0.15) is 24.0 Å². The lowest BCUT2D eigenvalue weighted by Crippen LogP contribution is -2.17. The van der Waals surface area contributed by atoms with E-state index in [4.69, 9.17) is 4.74 Å². The van der Waals surface area contributed by atoms with Crippen LogP contribution in [-0.4, -0.2) is 12.1 Å². The van der Waals surface area contributed by atoms with E-state index >= 15 is 0 Å². The Morgan fingerprint density at radius 1 is 1.00 bits per heavy atom. The Labute approximate surface area is 167 Å². The Balaban J connectivity index is 1.64. The van der Waals surface area contributed by atoms with Gasteiger partial charge in [0, 0.05) is 5.56 Å². The molecule has 0 radical (unpaired) electrons. The molecule has 0 aliphatic carbocycles. The fourth-order valence-electron chi connectivity index (χ4n) is 2.88. The van der Waals surface area contributed by atoms with Gasteiger partial charge in [0.25, 0.3) is 5.91 Å². The van der Waals surface area contributed by atoms with Gasteiger partial charge in [0.05, 0.1) is 6.21 Å². The monoisotopic (exact) mass is 394 g/mol. The van der Waals surface area contributed by atoms with E-state index in [2.05, 4.69) is 10.5 Å². The van der Waals surface area contributed by atoms with Crippen molar-refractivity contribution in [2.45, 2.75) is 20.5 Å². The first-order valence-electron chi connectivity index (χ1n) is 9.00. The Morgan fingerprint density at radius 2 is 1.69 bits per heavy atom. The van der Waals surface area contributed by atoms with Crippen molar-refractivity contribution in [1.82, 2.24) is 5.43 Å². The zero-order valence-corrected chi connectivity index (χ0v) is 16.1. The maximum atomic E-state index is 13.2. The third-order valence-corrected chi connectivity index (χ3v) is 4.25. The van der Waals surface area contributed by atoms with Gasteiger partial charge in [-0.2, -0.15) is 5.10 Å². The highest BCUT2D eigenvalue weighted by Crippen LogP contribution is 2.25. The molecule has 0 bridgehead atoms. The van der Waals surface area contributed by atoms with E-state index in [0.717, 1.165) is 34.1 Å². The van der Waals surface area contributed by atoms with Crippen LogP contribution in [0.4, 0.5) is 8.78 Å². The van der Waals surface area contributed by atoms with Crippen molar-refractivity contribution in [1.29, 1.82) is 0 Å². The van der Waals surface area contributed by atoms with E-state index in [1.807, 2.05) is 26.0 Å². The fourth-order valence-corrected chi connectivity index (χ4v) is 2.88. The molecule has 0 unspecified atom stereocenters. The smallest absolute Gasteiger partial charge is 0.271 e. The standard InChI is InChI=1S/C23H20F2N2O2/c1-15-10-18(13-26-27-23(28)19-4-3-5-21(25)12-19)11-16(2)22(15)29-14-17-6-8-20(24)9-7-17/h3-13H,14H2,1-2H3,(H,27,28)/b26-13-. The molecule has 0 saturated carbocycles. The molecular weight excluding hydrogens is 374 g/mol. The number of carbonyl (C=O) groups is 1. The summed E-state index contributed by atoms with van der Waals surface area (Å²) in [5.41, 5.74) is 6.05. The molecule has 0 saturated heterocycles. The molecule has 148 valence electrons. The summed E-state index contributed by atoms with van der Waals surface area (Å²) in [5.74, 6) is -0.512. The molecule has 0 aliphatic rings. The van der Waals surface area contributed by atoms with Crippen molar-refractivity contribution in [2.24, 2.45) is 5.10 Å². The van der Waals surface area contributed by atoms with Crippen molar-refractivity contribution in [3.63, 3.8) is 0 Å². The van der Waals surface area contributed by atoms with Crippen LogP contribution < -0.4 is 10.2 Å². The molecule has 29 heavy (non-hydrogen) atoms. The maximum Gasteiger partial charge on any atom is 0.271 e. The van der Waals surface area contributed by atoms with Crippen LogP contribution in [0.1, 0.15) is 32.6 Å². The minimum atomic E-state index is -0.492. The number of hydrogen-bond donors (Lipinski definition) is 1. The summed E-state index contributed by atoms with van der Waals surface area (Å²) < 4.78 is 32.1. The van der Waals surface area contributed by atoms with Crippen LogP contribution in [0.25, 0.3) is 0 Å². The lowest BCUT2D eigenvalue weighted by Gasteiger charge is -2.13. The van der Waals surface area contributed by atoms with Gasteiger partial charge in [0.2, 0.25) is 0 Å². The van der Waals surface area contributed by atoms with E-state index < -0.39 is 11.7 Å². The predicted octanol–water partition coefficient (Wildman–Crippen LogP) is 4.92. The van der Waals surface area contributed by atoms with Gasteiger partial charge in [-0.05, 0) is 78.6 Å². The van der Waals surface area contributed by atoms with Crippen LogP contribution in [0.3, 0.4) is 0 Å². The topological polar surface area (TPSA) is 50.7 Å². The molecule has 4 nitrogen and oxygen atoms in total. The second-order valence-electron chi connectivity index (χ2n) is 6.61. The van der Waals surface area contributed by atoms with Gasteiger partial charge in [-0.1, -0.05) is 18.2 Å². The number of benzene rings is 3. The quantitative estimate of drug-likeness (QED) is 0.476. The zero-order valence-electron chi connectivity index (χ0n) is 16.1. The lowest BCUT2D eigenvalue weighted by molar-refractivity contribution is 0.0954. The number of ether oxygens (including phenoxy) is 1. The van der Waals surface area contributed by atoms with Gasteiger partial charge >= 0.3 is 0 Å². The Hall–Kier alpha value is -3.54. The van der Waals surface area contributed by atoms with Crippen LogP contribution in [0, 0.1) is 25.5 Å². The van der Waals surface area contributed by atoms with E-state index in [0.29, 0.717) is 6.61 Å². The third-order valence-electron chi connectivity index (χ3n) is 4.25. The summed E-state index contributed by atoms with van der Waals surface area (Å²) in [6.45, 7) is 4.16. The number of amides is 1. The summed E-state index contributed by atoms with van der Waals surface area (Å²) in [7, 11) is 0. The minimum Gasteiger partial charge on any atom is -0.488 e. The summed E-state index contributed by atoms with van der Waals surface area (Å²) >= 11 is 0. The average molecular weight is 394 g/mol. The van der Waals surface area contributed by atoms with Crippen LogP contribution >= 0.6 is 0 Å². The normalized spacial score (nSPS) is 10.9. The Bertz CT molecular complexity index is 1020. The Morgan fingerprint density at radius 3 is 2.34 bits per heavy atom. The molecule has 0 aromatic heterocycles. The van der Waals surface area contributed by atoms with Gasteiger partial charge in [-0.15, -0.1) is 0 Å². The average Bonchev–Trinajstić information content (AvgIpc) is 2.68. The van der Waals surface area contributed by atoms with Crippen molar-refractivity contribution in [3.05, 3.63) is 100 Å².